The molecule has 1 heterocycles. The number of amides is 3. The van der Waals surface area contributed by atoms with Gasteiger partial charge in [0.25, 0.3) is 0 Å². The third-order valence-electron chi connectivity index (χ3n) is 10.6. The highest BCUT2D eigenvalue weighted by Gasteiger charge is 2.30. The predicted octanol–water partition coefficient (Wildman–Crippen LogP) is 8.35. The minimum atomic E-state index is -1.09. The number of fused-ring (bicyclic) bond motifs is 1. The molecule has 0 unspecified atom stereocenters. The Morgan fingerprint density at radius 1 is 0.838 bits per heavy atom. The van der Waals surface area contributed by atoms with Crippen LogP contribution < -0.4 is 20.3 Å². The van der Waals surface area contributed by atoms with Gasteiger partial charge in [0.05, 0.1) is 65.3 Å². The Labute approximate surface area is 398 Å². The Bertz CT molecular complexity index is 2260. The minimum absolute atomic E-state index is 0.0123. The summed E-state index contributed by atoms with van der Waals surface area (Å²) in [5.41, 5.74) is 10.8. The molecule has 4 rings (SSSR count). The van der Waals surface area contributed by atoms with Gasteiger partial charge in [-0.15, -0.1) is 0 Å². The fourth-order valence-electron chi connectivity index (χ4n) is 6.98. The number of carboxylic acids is 1. The number of anilines is 1. The Morgan fingerprint density at radius 2 is 1.47 bits per heavy atom. The first kappa shape index (κ1) is 54.3. The number of carbonyl (C=O) groups excluding carboxylic acids is 3. The van der Waals surface area contributed by atoms with Crippen LogP contribution in [0, 0.1) is 12.8 Å². The van der Waals surface area contributed by atoms with Gasteiger partial charge in [0.1, 0.15) is 29.8 Å². The van der Waals surface area contributed by atoms with Gasteiger partial charge in [-0.2, -0.15) is 0 Å². The molecular formula is C50H67N7O11. The average Bonchev–Trinajstić information content (AvgIpc) is 3.30. The smallest absolute Gasteiger partial charge is 0.416 e. The van der Waals surface area contributed by atoms with Crippen molar-refractivity contribution >= 4 is 40.5 Å². The summed E-state index contributed by atoms with van der Waals surface area (Å²) in [6.45, 7) is 15.0. The Hall–Kier alpha value is -6.30. The number of aryl methyl sites for hydroxylation is 1. The molecule has 3 atom stereocenters. The first-order valence-corrected chi connectivity index (χ1v) is 23.0. The number of ether oxygens (including phenoxy) is 6. The van der Waals surface area contributed by atoms with Crippen molar-refractivity contribution in [3.05, 3.63) is 101 Å². The monoisotopic (exact) mass is 941 g/mol. The quantitative estimate of drug-likeness (QED) is 0.0194. The molecular weight excluding hydrogens is 875 g/mol. The largest absolute Gasteiger partial charge is 0.491 e. The van der Waals surface area contributed by atoms with Crippen LogP contribution in [0.2, 0.25) is 0 Å². The van der Waals surface area contributed by atoms with Gasteiger partial charge in [-0.1, -0.05) is 80.0 Å². The van der Waals surface area contributed by atoms with Crippen LogP contribution >= 0.6 is 0 Å². The zero-order chi connectivity index (χ0) is 49.3. The van der Waals surface area contributed by atoms with Crippen LogP contribution in [0.5, 0.6) is 5.75 Å². The number of azide groups is 1. The molecule has 68 heavy (non-hydrogen) atoms. The summed E-state index contributed by atoms with van der Waals surface area (Å²) in [5, 5.41) is 21.0. The molecule has 0 fully saturated rings. The number of aromatic nitrogens is 1. The first-order valence-electron chi connectivity index (χ1n) is 23.0. The maximum atomic E-state index is 13.9. The van der Waals surface area contributed by atoms with E-state index in [1.165, 1.54) is 4.90 Å². The van der Waals surface area contributed by atoms with Crippen molar-refractivity contribution in [3.63, 3.8) is 0 Å². The number of benzene rings is 3. The van der Waals surface area contributed by atoms with Crippen LogP contribution in [0.1, 0.15) is 77.5 Å². The first-order chi connectivity index (χ1) is 32.7. The maximum absolute atomic E-state index is 13.9. The molecule has 3 aromatic carbocycles. The summed E-state index contributed by atoms with van der Waals surface area (Å²) in [6.07, 6.45) is 1.50. The number of nitrogens with one attached hydrogen (secondary N) is 2. The minimum Gasteiger partial charge on any atom is -0.491 e. The van der Waals surface area contributed by atoms with Crippen molar-refractivity contribution in [2.45, 2.75) is 84.9 Å². The SMILES string of the molecule is CC[C@H](C)[C@H](NC(=O)CCCN(C(=O)OC(C)(C)C)c1cc(C)ccn1)C(=O)N[C@@H](CC(=O)O)c1ccc(-c2ccc(OCCOCCOCCOCCOCCN=[N+]=[N-])c3ccccc23)cc1. The lowest BCUT2D eigenvalue weighted by molar-refractivity contribution is -0.138. The van der Waals surface area contributed by atoms with Crippen LogP contribution in [0.4, 0.5) is 10.6 Å². The molecule has 0 bridgehead atoms. The number of hydrogen-bond donors (Lipinski definition) is 3. The standard InChI is InChI=1S/C50H67N7O11/c1-7-36(3)47(55-45(58)13-10-23-57(49(62)68-50(4,5)6)44-33-35(2)20-21-52-44)48(61)54-42(34-46(59)60)38-16-14-37(15-17-38)39-18-19-43(41-12-9-8-11-40(39)41)67-32-31-66-30-29-65-28-27-64-26-25-63-24-22-53-56-51/h8-9,11-12,14-21,33,36,42,47H,7,10,13,22-32,34H2,1-6H3,(H,54,61)(H,55,58)(H,59,60)/t36-,42-,47-/m0/s1. The number of nitrogens with zero attached hydrogens (tertiary/aromatic N) is 5. The van der Waals surface area contributed by atoms with Crippen molar-refractivity contribution in [2.24, 2.45) is 11.0 Å². The second kappa shape index (κ2) is 28.8. The van der Waals surface area contributed by atoms with E-state index in [2.05, 4.69) is 25.6 Å². The molecule has 0 aliphatic rings. The highest BCUT2D eigenvalue weighted by atomic mass is 16.6. The molecule has 3 N–H and O–H groups in total. The number of rotatable bonds is 30. The van der Waals surface area contributed by atoms with Gasteiger partial charge in [-0.05, 0) is 91.4 Å². The topological polar surface area (TPSA) is 233 Å². The van der Waals surface area contributed by atoms with Crippen LogP contribution in [0.3, 0.4) is 0 Å². The van der Waals surface area contributed by atoms with E-state index in [1.54, 1.807) is 45.2 Å². The molecule has 0 saturated carbocycles. The lowest BCUT2D eigenvalue weighted by Gasteiger charge is -2.28. The maximum Gasteiger partial charge on any atom is 0.416 e. The number of carboxylic acid groups (broad SMARTS) is 1. The van der Waals surface area contributed by atoms with E-state index in [-0.39, 0.29) is 37.6 Å². The molecule has 3 amide bonds. The molecule has 1 aromatic heterocycles. The van der Waals surface area contributed by atoms with E-state index in [0.717, 1.165) is 27.5 Å². The molecule has 18 nitrogen and oxygen atoms in total. The zero-order valence-electron chi connectivity index (χ0n) is 40.1. The van der Waals surface area contributed by atoms with E-state index in [0.29, 0.717) is 89.6 Å². The molecule has 0 spiro atoms. The summed E-state index contributed by atoms with van der Waals surface area (Å²) >= 11 is 0. The van der Waals surface area contributed by atoms with Crippen molar-refractivity contribution in [1.82, 2.24) is 15.6 Å². The summed E-state index contributed by atoms with van der Waals surface area (Å²) in [6, 6.07) is 21.0. The Balaban J connectivity index is 1.32. The fourth-order valence-corrected chi connectivity index (χ4v) is 6.98. The van der Waals surface area contributed by atoms with Gasteiger partial charge in [0.15, 0.2) is 0 Å². The summed E-state index contributed by atoms with van der Waals surface area (Å²) < 4.78 is 33.7. The average molecular weight is 942 g/mol. The van der Waals surface area contributed by atoms with E-state index in [1.807, 2.05) is 75.4 Å². The van der Waals surface area contributed by atoms with Crippen molar-refractivity contribution in [3.8, 4) is 16.9 Å². The third kappa shape index (κ3) is 18.8. The normalized spacial score (nSPS) is 12.6. The number of pyridine rings is 1. The second-order valence-electron chi connectivity index (χ2n) is 17.0. The van der Waals surface area contributed by atoms with Crippen LogP contribution in [0.25, 0.3) is 32.3 Å². The fraction of sp³-hybridized carbons (Fsp3) is 0.500. The summed E-state index contributed by atoms with van der Waals surface area (Å²) in [5.74, 6) is -1.14. The van der Waals surface area contributed by atoms with E-state index in [4.69, 9.17) is 34.0 Å². The van der Waals surface area contributed by atoms with Crippen molar-refractivity contribution < 1.29 is 52.7 Å². The predicted molar refractivity (Wildman–Crippen MR) is 258 cm³/mol. The number of hydrogen-bond acceptors (Lipinski definition) is 12. The second-order valence-corrected chi connectivity index (χ2v) is 17.0. The van der Waals surface area contributed by atoms with E-state index in [9.17, 15) is 24.3 Å². The Morgan fingerprint density at radius 3 is 2.07 bits per heavy atom. The molecule has 0 radical (unpaired) electrons. The van der Waals surface area contributed by atoms with Crippen molar-refractivity contribution in [2.75, 3.05) is 77.5 Å². The molecule has 0 aliphatic carbocycles. The summed E-state index contributed by atoms with van der Waals surface area (Å²) in [7, 11) is 0. The van der Waals surface area contributed by atoms with Gasteiger partial charge in [-0.25, -0.2) is 9.78 Å². The van der Waals surface area contributed by atoms with Gasteiger partial charge in [-0.3, -0.25) is 19.3 Å². The van der Waals surface area contributed by atoms with Crippen LogP contribution in [-0.2, 0) is 38.1 Å². The van der Waals surface area contributed by atoms with Crippen LogP contribution in [-0.4, -0.2) is 118 Å². The lowest BCUT2D eigenvalue weighted by atomic mass is 9.94. The molecule has 0 saturated heterocycles. The van der Waals surface area contributed by atoms with Crippen LogP contribution in [0.15, 0.2) is 84.1 Å². The van der Waals surface area contributed by atoms with Gasteiger partial charge >= 0.3 is 12.1 Å². The van der Waals surface area contributed by atoms with E-state index < -0.39 is 35.7 Å². The zero-order valence-corrected chi connectivity index (χ0v) is 40.1. The highest BCUT2D eigenvalue weighted by Crippen LogP contribution is 2.35. The van der Waals surface area contributed by atoms with Crippen molar-refractivity contribution in [1.29, 1.82) is 0 Å². The molecule has 368 valence electrons. The number of aliphatic carboxylic acids is 1. The third-order valence-corrected chi connectivity index (χ3v) is 10.6. The number of carbonyl (C=O) groups is 4. The van der Waals surface area contributed by atoms with Gasteiger partial charge in [0, 0.05) is 36.0 Å². The molecule has 0 aliphatic heterocycles. The highest BCUT2D eigenvalue weighted by molar-refractivity contribution is 6.00. The van der Waals surface area contributed by atoms with E-state index >= 15 is 0 Å². The molecule has 18 heteroatoms. The lowest BCUT2D eigenvalue weighted by Crippen LogP contribution is -2.51. The Kier molecular flexibility index (Phi) is 23.0. The summed E-state index contributed by atoms with van der Waals surface area (Å²) in [4.78, 5) is 61.0. The van der Waals surface area contributed by atoms with Gasteiger partial charge in [0.2, 0.25) is 11.8 Å². The van der Waals surface area contributed by atoms with Gasteiger partial charge < -0.3 is 44.2 Å². The molecule has 4 aromatic rings.